The van der Waals surface area contributed by atoms with E-state index in [1.165, 1.54) is 4.88 Å². The van der Waals surface area contributed by atoms with E-state index in [2.05, 4.69) is 4.98 Å². The van der Waals surface area contributed by atoms with E-state index in [-0.39, 0.29) is 16.2 Å². The minimum atomic E-state index is -0.644. The van der Waals surface area contributed by atoms with Gasteiger partial charge < -0.3 is 4.98 Å². The number of carbonyl (C=O) groups excluding carboxylic acids is 1. The zero-order chi connectivity index (χ0) is 15.4. The van der Waals surface area contributed by atoms with Crippen LogP contribution in [0.3, 0.4) is 0 Å². The number of nitrogens with one attached hydrogen (secondary N) is 1. The first-order valence-corrected chi connectivity index (χ1v) is 8.37. The number of rotatable bonds is 0. The highest BCUT2D eigenvalue weighted by Gasteiger charge is 2.27. The molecule has 21 heavy (non-hydrogen) atoms. The van der Waals surface area contributed by atoms with Crippen molar-refractivity contribution in [2.45, 2.75) is 46.5 Å². The highest BCUT2D eigenvalue weighted by molar-refractivity contribution is 7.71. The molecule has 0 radical (unpaired) electrons. The molecular formula is C15H18N2O2S2. The van der Waals surface area contributed by atoms with Crippen molar-refractivity contribution in [3.63, 3.8) is 0 Å². The molecule has 4 nitrogen and oxygen atoms in total. The van der Waals surface area contributed by atoms with Crippen molar-refractivity contribution >= 4 is 39.7 Å². The SMILES string of the molecule is CC(C)(C)C(=O)n1c(=S)[nH]c2sc3c(c2c1=O)CCCC3. The molecule has 0 fully saturated rings. The lowest BCUT2D eigenvalue weighted by atomic mass is 9.95. The number of hydrogen-bond donors (Lipinski definition) is 1. The highest BCUT2D eigenvalue weighted by Crippen LogP contribution is 2.33. The van der Waals surface area contributed by atoms with Crippen molar-refractivity contribution in [3.8, 4) is 0 Å². The molecule has 6 heteroatoms. The molecule has 0 saturated heterocycles. The van der Waals surface area contributed by atoms with Crippen molar-refractivity contribution in [2.75, 3.05) is 0 Å². The Labute approximate surface area is 131 Å². The molecule has 0 unspecified atom stereocenters. The predicted molar refractivity (Wildman–Crippen MR) is 88.0 cm³/mol. The second-order valence-corrected chi connectivity index (χ2v) is 8.03. The van der Waals surface area contributed by atoms with Gasteiger partial charge in [-0.3, -0.25) is 9.59 Å². The van der Waals surface area contributed by atoms with Gasteiger partial charge in [0, 0.05) is 10.3 Å². The van der Waals surface area contributed by atoms with Crippen molar-refractivity contribution in [3.05, 3.63) is 25.6 Å². The fraction of sp³-hybridized carbons (Fsp3) is 0.533. The van der Waals surface area contributed by atoms with Gasteiger partial charge in [-0.15, -0.1) is 11.3 Å². The van der Waals surface area contributed by atoms with E-state index in [0.717, 1.165) is 40.6 Å². The van der Waals surface area contributed by atoms with Crippen molar-refractivity contribution in [2.24, 2.45) is 5.41 Å². The van der Waals surface area contributed by atoms with E-state index in [4.69, 9.17) is 12.2 Å². The van der Waals surface area contributed by atoms with Gasteiger partial charge in [0.15, 0.2) is 4.77 Å². The smallest absolute Gasteiger partial charge is 0.270 e. The van der Waals surface area contributed by atoms with Crippen LogP contribution in [0.15, 0.2) is 4.79 Å². The predicted octanol–water partition coefficient (Wildman–Crippen LogP) is 3.69. The number of carbonyl (C=O) groups is 1. The summed E-state index contributed by atoms with van der Waals surface area (Å²) < 4.78 is 1.34. The summed E-state index contributed by atoms with van der Waals surface area (Å²) >= 11 is 6.86. The summed E-state index contributed by atoms with van der Waals surface area (Å²) in [6, 6.07) is 0. The largest absolute Gasteiger partial charge is 0.323 e. The van der Waals surface area contributed by atoms with Gasteiger partial charge in [-0.1, -0.05) is 20.8 Å². The molecule has 0 aromatic carbocycles. The average Bonchev–Trinajstić information content (AvgIpc) is 2.75. The van der Waals surface area contributed by atoms with Crippen LogP contribution in [-0.2, 0) is 12.8 Å². The topological polar surface area (TPSA) is 54.9 Å². The van der Waals surface area contributed by atoms with Gasteiger partial charge >= 0.3 is 0 Å². The summed E-state index contributed by atoms with van der Waals surface area (Å²) in [5, 5.41) is 0.668. The lowest BCUT2D eigenvalue weighted by Crippen LogP contribution is -2.36. The van der Waals surface area contributed by atoms with E-state index in [9.17, 15) is 9.59 Å². The highest BCUT2D eigenvalue weighted by atomic mass is 32.1. The molecule has 0 amide bonds. The molecule has 2 heterocycles. The van der Waals surface area contributed by atoms with E-state index < -0.39 is 5.41 Å². The Kier molecular flexibility index (Phi) is 3.41. The van der Waals surface area contributed by atoms with Crippen LogP contribution >= 0.6 is 23.6 Å². The first-order chi connectivity index (χ1) is 9.80. The Bertz CT molecular complexity index is 849. The Balaban J connectivity index is 2.36. The van der Waals surface area contributed by atoms with Gasteiger partial charge in [0.05, 0.1) is 5.39 Å². The third-order valence-electron chi connectivity index (χ3n) is 3.86. The standard InChI is InChI=1S/C15H18N2O2S2/c1-15(2,3)13(19)17-12(18)10-8-6-4-5-7-9(8)21-11(10)16-14(17)20/h4-7H2,1-3H3,(H,16,20). The van der Waals surface area contributed by atoms with Gasteiger partial charge in [0.25, 0.3) is 5.56 Å². The first-order valence-electron chi connectivity index (χ1n) is 7.15. The summed E-state index contributed by atoms with van der Waals surface area (Å²) in [7, 11) is 0. The van der Waals surface area contributed by atoms with E-state index in [1.807, 2.05) is 0 Å². The van der Waals surface area contributed by atoms with Crippen LogP contribution in [0.25, 0.3) is 10.2 Å². The fourth-order valence-corrected chi connectivity index (χ4v) is 4.37. The van der Waals surface area contributed by atoms with Crippen LogP contribution in [0.2, 0.25) is 0 Å². The Morgan fingerprint density at radius 2 is 1.95 bits per heavy atom. The molecule has 0 saturated carbocycles. The number of aryl methyl sites for hydroxylation is 2. The van der Waals surface area contributed by atoms with Gasteiger partial charge in [0.2, 0.25) is 5.91 Å². The fourth-order valence-electron chi connectivity index (χ4n) is 2.76. The third-order valence-corrected chi connectivity index (χ3v) is 5.35. The summed E-state index contributed by atoms with van der Waals surface area (Å²) in [6.07, 6.45) is 4.19. The van der Waals surface area contributed by atoms with Gasteiger partial charge in [-0.25, -0.2) is 4.57 Å². The number of hydrogen-bond acceptors (Lipinski definition) is 4. The van der Waals surface area contributed by atoms with Crippen LogP contribution in [0.5, 0.6) is 0 Å². The van der Waals surface area contributed by atoms with Crippen molar-refractivity contribution < 1.29 is 4.79 Å². The average molecular weight is 322 g/mol. The zero-order valence-corrected chi connectivity index (χ0v) is 14.0. The Morgan fingerprint density at radius 3 is 2.62 bits per heavy atom. The van der Waals surface area contributed by atoms with Gasteiger partial charge in [-0.05, 0) is 43.5 Å². The Morgan fingerprint density at radius 1 is 1.29 bits per heavy atom. The monoisotopic (exact) mass is 322 g/mol. The van der Waals surface area contributed by atoms with Crippen LogP contribution in [0.1, 0.15) is 48.8 Å². The van der Waals surface area contributed by atoms with E-state index in [1.54, 1.807) is 32.1 Å². The molecule has 112 valence electrons. The number of aromatic amines is 1. The molecule has 2 aromatic heterocycles. The first kappa shape index (κ1) is 14.7. The van der Waals surface area contributed by atoms with Crippen LogP contribution in [0.4, 0.5) is 0 Å². The van der Waals surface area contributed by atoms with Crippen molar-refractivity contribution in [1.29, 1.82) is 0 Å². The zero-order valence-electron chi connectivity index (χ0n) is 12.4. The molecule has 1 N–H and O–H groups in total. The van der Waals surface area contributed by atoms with Gasteiger partial charge in [-0.2, -0.15) is 0 Å². The Hall–Kier alpha value is -1.27. The number of aromatic nitrogens is 2. The summed E-state index contributed by atoms with van der Waals surface area (Å²) in [5.74, 6) is -0.258. The van der Waals surface area contributed by atoms with Crippen LogP contribution in [-0.4, -0.2) is 15.5 Å². The molecule has 2 aromatic rings. The molecule has 0 atom stereocenters. The molecule has 0 bridgehead atoms. The second-order valence-electron chi connectivity index (χ2n) is 6.54. The molecule has 1 aliphatic carbocycles. The third kappa shape index (κ3) is 2.30. The maximum Gasteiger partial charge on any atom is 0.270 e. The van der Waals surface area contributed by atoms with E-state index in [0.29, 0.717) is 5.39 Å². The molecule has 1 aliphatic rings. The maximum absolute atomic E-state index is 12.8. The van der Waals surface area contributed by atoms with Crippen LogP contribution in [0, 0.1) is 10.2 Å². The normalized spacial score (nSPS) is 15.2. The number of thiophene rings is 1. The molecular weight excluding hydrogens is 304 g/mol. The second kappa shape index (κ2) is 4.88. The quantitative estimate of drug-likeness (QED) is 0.753. The minimum absolute atomic E-state index is 0.200. The lowest BCUT2D eigenvalue weighted by molar-refractivity contribution is 0.0759. The number of H-pyrrole nitrogens is 1. The van der Waals surface area contributed by atoms with E-state index >= 15 is 0 Å². The maximum atomic E-state index is 12.8. The molecule has 3 rings (SSSR count). The summed E-state index contributed by atoms with van der Waals surface area (Å²) in [5.41, 5.74) is 0.218. The lowest BCUT2D eigenvalue weighted by Gasteiger charge is -2.18. The summed E-state index contributed by atoms with van der Waals surface area (Å²) in [6.45, 7) is 5.39. The summed E-state index contributed by atoms with van der Waals surface area (Å²) in [4.78, 5) is 30.5. The van der Waals surface area contributed by atoms with Crippen molar-refractivity contribution in [1.82, 2.24) is 9.55 Å². The number of nitrogens with zero attached hydrogens (tertiary/aromatic N) is 1. The number of fused-ring (bicyclic) bond motifs is 3. The molecule has 0 aliphatic heterocycles. The molecule has 0 spiro atoms. The van der Waals surface area contributed by atoms with Gasteiger partial charge in [0.1, 0.15) is 4.83 Å². The minimum Gasteiger partial charge on any atom is -0.323 e. The van der Waals surface area contributed by atoms with Crippen LogP contribution < -0.4 is 5.56 Å².